The smallest absolute Gasteiger partial charge is 0.262 e. The van der Waals surface area contributed by atoms with Crippen LogP contribution in [0.2, 0.25) is 0 Å². The zero-order valence-electron chi connectivity index (χ0n) is 16.6. The van der Waals surface area contributed by atoms with E-state index in [9.17, 15) is 9.59 Å². The third-order valence-electron chi connectivity index (χ3n) is 5.38. The largest absolute Gasteiger partial charge is 0.493 e. The molecule has 0 aromatic heterocycles. The quantitative estimate of drug-likeness (QED) is 0.841. The zero-order valence-corrected chi connectivity index (χ0v) is 16.6. The summed E-state index contributed by atoms with van der Waals surface area (Å²) < 4.78 is 16.1. The fourth-order valence-electron chi connectivity index (χ4n) is 3.79. The summed E-state index contributed by atoms with van der Waals surface area (Å²) in [6, 6.07) is 9.61. The molecule has 29 heavy (non-hydrogen) atoms. The van der Waals surface area contributed by atoms with Crippen LogP contribution in [0.3, 0.4) is 0 Å². The molecule has 1 N–H and O–H groups in total. The molecule has 7 nitrogen and oxygen atoms in total. The minimum absolute atomic E-state index is 0.0396. The summed E-state index contributed by atoms with van der Waals surface area (Å²) in [7, 11) is 3.24. The van der Waals surface area contributed by atoms with E-state index in [-0.39, 0.29) is 18.4 Å². The molecule has 2 amide bonds. The molecule has 0 radical (unpaired) electrons. The number of carbonyl (C=O) groups is 2. The Morgan fingerprint density at radius 3 is 2.66 bits per heavy atom. The van der Waals surface area contributed by atoms with Gasteiger partial charge in [-0.3, -0.25) is 9.59 Å². The van der Waals surface area contributed by atoms with E-state index in [1.54, 1.807) is 14.2 Å². The second-order valence-electron chi connectivity index (χ2n) is 7.21. The summed E-state index contributed by atoms with van der Waals surface area (Å²) in [4.78, 5) is 26.1. The Kier molecular flexibility index (Phi) is 5.29. The molecule has 0 unspecified atom stereocenters. The molecule has 0 saturated carbocycles. The van der Waals surface area contributed by atoms with Gasteiger partial charge in [-0.05, 0) is 53.8 Å². The van der Waals surface area contributed by atoms with Gasteiger partial charge in [-0.1, -0.05) is 6.07 Å². The van der Waals surface area contributed by atoms with Crippen molar-refractivity contribution in [2.45, 2.75) is 25.8 Å². The number of hydrogen-bond acceptors (Lipinski definition) is 5. The predicted octanol–water partition coefficient (Wildman–Crippen LogP) is 2.55. The summed E-state index contributed by atoms with van der Waals surface area (Å²) in [6.07, 6.45) is 1.82. The van der Waals surface area contributed by atoms with Gasteiger partial charge in [-0.25, -0.2) is 0 Å². The molecule has 7 heteroatoms. The van der Waals surface area contributed by atoms with E-state index in [4.69, 9.17) is 14.2 Å². The van der Waals surface area contributed by atoms with Gasteiger partial charge in [-0.2, -0.15) is 0 Å². The Bertz CT molecular complexity index is 956. The Labute approximate surface area is 169 Å². The topological polar surface area (TPSA) is 77.1 Å². The number of hydrogen-bond donors (Lipinski definition) is 1. The van der Waals surface area contributed by atoms with E-state index in [0.29, 0.717) is 43.1 Å². The van der Waals surface area contributed by atoms with E-state index in [0.717, 1.165) is 23.3 Å². The van der Waals surface area contributed by atoms with E-state index in [2.05, 4.69) is 5.32 Å². The van der Waals surface area contributed by atoms with Crippen LogP contribution in [0.25, 0.3) is 0 Å². The van der Waals surface area contributed by atoms with Crippen LogP contribution in [0.5, 0.6) is 17.2 Å². The lowest BCUT2D eigenvalue weighted by molar-refractivity contribution is -0.132. The molecule has 0 fully saturated rings. The Morgan fingerprint density at radius 1 is 1.14 bits per heavy atom. The van der Waals surface area contributed by atoms with Gasteiger partial charge in [-0.15, -0.1) is 0 Å². The summed E-state index contributed by atoms with van der Waals surface area (Å²) in [5.74, 6) is 2.01. The van der Waals surface area contributed by atoms with Crippen LogP contribution in [0.1, 0.15) is 23.1 Å². The first-order chi connectivity index (χ1) is 14.1. The monoisotopic (exact) mass is 396 g/mol. The first-order valence-corrected chi connectivity index (χ1v) is 9.64. The molecule has 0 saturated heterocycles. The van der Waals surface area contributed by atoms with E-state index >= 15 is 0 Å². The number of benzene rings is 2. The summed E-state index contributed by atoms with van der Waals surface area (Å²) >= 11 is 0. The van der Waals surface area contributed by atoms with Gasteiger partial charge in [0.15, 0.2) is 18.1 Å². The average molecular weight is 396 g/mol. The minimum Gasteiger partial charge on any atom is -0.493 e. The number of amides is 2. The SMILES string of the molecule is COc1cc2c(cc1OC)CN(C(=O)CCc1ccc3c(c1)NC(=O)CO3)CC2. The van der Waals surface area contributed by atoms with Crippen molar-refractivity contribution in [3.05, 3.63) is 47.0 Å². The fraction of sp³-hybridized carbons (Fsp3) is 0.364. The number of nitrogens with zero attached hydrogens (tertiary/aromatic N) is 1. The molecule has 0 bridgehead atoms. The van der Waals surface area contributed by atoms with Gasteiger partial charge < -0.3 is 24.4 Å². The number of fused-ring (bicyclic) bond motifs is 2. The first kappa shape index (κ1) is 19.1. The molecule has 4 rings (SSSR count). The average Bonchev–Trinajstić information content (AvgIpc) is 2.75. The van der Waals surface area contributed by atoms with Crippen molar-refractivity contribution in [3.63, 3.8) is 0 Å². The van der Waals surface area contributed by atoms with Crippen molar-refractivity contribution in [1.29, 1.82) is 0 Å². The molecular weight excluding hydrogens is 372 g/mol. The normalized spacial score (nSPS) is 15.0. The molecule has 2 aromatic rings. The standard InChI is InChI=1S/C22H24N2O5/c1-27-19-10-15-7-8-24(12-16(15)11-20(19)28-2)22(26)6-4-14-3-5-18-17(9-14)23-21(25)13-29-18/h3,5,9-11H,4,6-8,12-13H2,1-2H3,(H,23,25). The highest BCUT2D eigenvalue weighted by Gasteiger charge is 2.23. The van der Waals surface area contributed by atoms with E-state index in [1.165, 1.54) is 5.56 Å². The van der Waals surface area contributed by atoms with Crippen molar-refractivity contribution >= 4 is 17.5 Å². The maximum Gasteiger partial charge on any atom is 0.262 e. The molecule has 2 aromatic carbocycles. The van der Waals surface area contributed by atoms with Crippen molar-refractivity contribution in [2.75, 3.05) is 32.7 Å². The number of nitrogens with one attached hydrogen (secondary N) is 1. The highest BCUT2D eigenvalue weighted by Crippen LogP contribution is 2.33. The van der Waals surface area contributed by atoms with Crippen molar-refractivity contribution in [1.82, 2.24) is 4.90 Å². The molecule has 0 aliphatic carbocycles. The molecule has 0 spiro atoms. The third-order valence-corrected chi connectivity index (χ3v) is 5.38. The maximum absolute atomic E-state index is 12.8. The highest BCUT2D eigenvalue weighted by molar-refractivity contribution is 5.95. The number of aryl methyl sites for hydroxylation is 1. The fourth-order valence-corrected chi connectivity index (χ4v) is 3.79. The molecule has 2 heterocycles. The van der Waals surface area contributed by atoms with Crippen LogP contribution >= 0.6 is 0 Å². The molecule has 152 valence electrons. The third kappa shape index (κ3) is 3.99. The van der Waals surface area contributed by atoms with Gasteiger partial charge in [0.1, 0.15) is 5.75 Å². The molecule has 0 atom stereocenters. The first-order valence-electron chi connectivity index (χ1n) is 9.64. The van der Waals surface area contributed by atoms with Crippen LogP contribution in [0.15, 0.2) is 30.3 Å². The highest BCUT2D eigenvalue weighted by atomic mass is 16.5. The number of rotatable bonds is 5. The van der Waals surface area contributed by atoms with Gasteiger partial charge in [0.05, 0.1) is 19.9 Å². The van der Waals surface area contributed by atoms with Crippen molar-refractivity contribution in [2.24, 2.45) is 0 Å². The minimum atomic E-state index is -0.162. The van der Waals surface area contributed by atoms with Crippen LogP contribution in [0, 0.1) is 0 Å². The lowest BCUT2D eigenvalue weighted by Crippen LogP contribution is -2.36. The number of methoxy groups -OCH3 is 2. The molecular formula is C22H24N2O5. The zero-order chi connectivity index (χ0) is 20.4. The predicted molar refractivity (Wildman–Crippen MR) is 108 cm³/mol. The second-order valence-corrected chi connectivity index (χ2v) is 7.21. The van der Waals surface area contributed by atoms with Gasteiger partial charge in [0, 0.05) is 19.5 Å². The second kappa shape index (κ2) is 8.03. The van der Waals surface area contributed by atoms with Gasteiger partial charge >= 0.3 is 0 Å². The van der Waals surface area contributed by atoms with Crippen molar-refractivity contribution in [3.8, 4) is 17.2 Å². The Balaban J connectivity index is 1.40. The number of carbonyl (C=O) groups excluding carboxylic acids is 2. The summed E-state index contributed by atoms with van der Waals surface area (Å²) in [6.45, 7) is 1.30. The lowest BCUT2D eigenvalue weighted by atomic mass is 9.98. The van der Waals surface area contributed by atoms with E-state index < -0.39 is 0 Å². The maximum atomic E-state index is 12.8. The summed E-state index contributed by atoms with van der Waals surface area (Å²) in [5, 5.41) is 2.80. The number of anilines is 1. The molecule has 2 aliphatic heterocycles. The van der Waals surface area contributed by atoms with Gasteiger partial charge in [0.2, 0.25) is 5.91 Å². The Hall–Kier alpha value is -3.22. The lowest BCUT2D eigenvalue weighted by Gasteiger charge is -2.30. The van der Waals surface area contributed by atoms with Crippen LogP contribution in [-0.4, -0.2) is 44.1 Å². The van der Waals surface area contributed by atoms with Crippen LogP contribution in [0.4, 0.5) is 5.69 Å². The summed E-state index contributed by atoms with van der Waals surface area (Å²) in [5.41, 5.74) is 3.94. The van der Waals surface area contributed by atoms with Crippen LogP contribution in [-0.2, 0) is 29.0 Å². The van der Waals surface area contributed by atoms with Gasteiger partial charge in [0.25, 0.3) is 5.91 Å². The number of ether oxygens (including phenoxy) is 3. The molecule has 2 aliphatic rings. The van der Waals surface area contributed by atoms with Crippen LogP contribution < -0.4 is 19.5 Å². The Morgan fingerprint density at radius 2 is 1.90 bits per heavy atom. The van der Waals surface area contributed by atoms with E-state index in [1.807, 2.05) is 35.2 Å². The van der Waals surface area contributed by atoms with Crippen molar-refractivity contribution < 1.29 is 23.8 Å².